The van der Waals surface area contributed by atoms with Gasteiger partial charge in [0, 0.05) is 58.3 Å². The average molecular weight is 416 g/mol. The van der Waals surface area contributed by atoms with Crippen molar-refractivity contribution in [2.75, 3.05) is 66.1 Å². The third-order valence-electron chi connectivity index (χ3n) is 7.71. The number of methoxy groups -OCH3 is 1. The van der Waals surface area contributed by atoms with Crippen LogP contribution in [0.1, 0.15) is 44.6 Å². The maximum absolute atomic E-state index is 6.03. The molecule has 4 rings (SSSR count). The van der Waals surface area contributed by atoms with E-state index in [0.29, 0.717) is 11.5 Å². The van der Waals surface area contributed by atoms with Crippen LogP contribution >= 0.6 is 0 Å². The van der Waals surface area contributed by atoms with Crippen molar-refractivity contribution in [3.8, 4) is 5.75 Å². The van der Waals surface area contributed by atoms with Gasteiger partial charge >= 0.3 is 0 Å². The van der Waals surface area contributed by atoms with Gasteiger partial charge in [-0.2, -0.15) is 0 Å². The van der Waals surface area contributed by atoms with Crippen molar-refractivity contribution in [3.05, 3.63) is 29.8 Å². The summed E-state index contributed by atoms with van der Waals surface area (Å²) in [4.78, 5) is 7.68. The molecule has 0 aromatic heterocycles. The number of nitrogens with zero attached hydrogens (tertiary/aromatic N) is 3. The third kappa shape index (κ3) is 5.37. The third-order valence-corrected chi connectivity index (χ3v) is 7.71. The number of likely N-dealkylation sites (N-methyl/N-ethyl adjacent to an activating group) is 1. The molecule has 0 bridgehead atoms. The first-order chi connectivity index (χ1) is 14.7. The van der Waals surface area contributed by atoms with E-state index in [-0.39, 0.29) is 0 Å². The molecular weight excluding hydrogens is 374 g/mol. The molecule has 0 N–H and O–H groups in total. The Hall–Kier alpha value is -1.14. The number of hydrogen-bond donors (Lipinski definition) is 0. The van der Waals surface area contributed by atoms with E-state index in [1.54, 1.807) is 0 Å². The molecule has 0 amide bonds. The molecule has 5 heteroatoms. The van der Waals surface area contributed by atoms with Gasteiger partial charge in [-0.1, -0.05) is 25.5 Å². The average Bonchev–Trinajstić information content (AvgIpc) is 3.17. The molecule has 1 aromatic rings. The molecule has 3 fully saturated rings. The minimum atomic E-state index is 0.401. The Balaban J connectivity index is 1.21. The fourth-order valence-electron chi connectivity index (χ4n) is 5.91. The van der Waals surface area contributed by atoms with E-state index < -0.39 is 0 Å². The lowest BCUT2D eigenvalue weighted by Gasteiger charge is -2.43. The number of likely N-dealkylation sites (tertiary alicyclic amines) is 1. The zero-order valence-corrected chi connectivity index (χ0v) is 19.2. The van der Waals surface area contributed by atoms with Crippen molar-refractivity contribution in [3.63, 3.8) is 0 Å². The first-order valence-electron chi connectivity index (χ1n) is 12.1. The topological polar surface area (TPSA) is 28.2 Å². The second-order valence-corrected chi connectivity index (χ2v) is 9.56. The zero-order chi connectivity index (χ0) is 20.8. The van der Waals surface area contributed by atoms with Gasteiger partial charge in [0.2, 0.25) is 0 Å². The molecule has 168 valence electrons. The van der Waals surface area contributed by atoms with Gasteiger partial charge in [-0.15, -0.1) is 0 Å². The number of rotatable bonds is 8. The summed E-state index contributed by atoms with van der Waals surface area (Å²) in [5.41, 5.74) is 1.79. The van der Waals surface area contributed by atoms with Crippen LogP contribution in [0.15, 0.2) is 24.3 Å². The summed E-state index contributed by atoms with van der Waals surface area (Å²) in [6.07, 6.45) is 7.00. The van der Waals surface area contributed by atoms with Gasteiger partial charge in [0.15, 0.2) is 0 Å². The molecule has 0 radical (unpaired) electrons. The minimum absolute atomic E-state index is 0.401. The molecule has 2 aliphatic heterocycles. The Morgan fingerprint density at radius 2 is 1.67 bits per heavy atom. The van der Waals surface area contributed by atoms with Gasteiger partial charge < -0.3 is 14.4 Å². The number of benzene rings is 1. The van der Waals surface area contributed by atoms with Crippen LogP contribution in [0.4, 0.5) is 0 Å². The molecule has 2 saturated heterocycles. The summed E-state index contributed by atoms with van der Waals surface area (Å²) in [7, 11) is 1.90. The molecule has 1 saturated carbocycles. The summed E-state index contributed by atoms with van der Waals surface area (Å²) < 4.78 is 11.9. The highest BCUT2D eigenvalue weighted by atomic mass is 16.5. The van der Waals surface area contributed by atoms with E-state index in [0.717, 1.165) is 38.5 Å². The van der Waals surface area contributed by atoms with Gasteiger partial charge in [-0.05, 0) is 56.5 Å². The number of piperazine rings is 1. The lowest BCUT2D eigenvalue weighted by molar-refractivity contribution is -0.0366. The summed E-state index contributed by atoms with van der Waals surface area (Å²) in [5.74, 6) is 0.997. The van der Waals surface area contributed by atoms with Crippen molar-refractivity contribution in [2.45, 2.75) is 51.7 Å². The number of piperidine rings is 1. The zero-order valence-electron chi connectivity index (χ0n) is 19.2. The summed E-state index contributed by atoms with van der Waals surface area (Å²) in [6.45, 7) is 13.4. The molecule has 2 atom stereocenters. The van der Waals surface area contributed by atoms with Crippen molar-refractivity contribution < 1.29 is 9.47 Å². The summed E-state index contributed by atoms with van der Waals surface area (Å²) in [6, 6.07) is 8.80. The fraction of sp³-hybridized carbons (Fsp3) is 0.760. The van der Waals surface area contributed by atoms with Crippen LogP contribution in [-0.4, -0.2) is 86.9 Å². The Bertz CT molecular complexity index is 644. The van der Waals surface area contributed by atoms with Crippen molar-refractivity contribution in [2.24, 2.45) is 5.41 Å². The summed E-state index contributed by atoms with van der Waals surface area (Å²) in [5, 5.41) is 0. The van der Waals surface area contributed by atoms with Crippen LogP contribution in [-0.2, 0) is 11.3 Å². The highest BCUT2D eigenvalue weighted by Gasteiger charge is 2.45. The first kappa shape index (κ1) is 22.1. The monoisotopic (exact) mass is 415 g/mol. The lowest BCUT2D eigenvalue weighted by Crippen LogP contribution is -2.47. The Labute approximate surface area is 183 Å². The number of hydrogen-bond acceptors (Lipinski definition) is 5. The normalized spacial score (nSPS) is 28.9. The molecule has 1 aliphatic carbocycles. The van der Waals surface area contributed by atoms with E-state index in [1.807, 2.05) is 7.11 Å². The largest absolute Gasteiger partial charge is 0.492 e. The SMILES string of the molecule is CCN1CCN(CCOc2ccc(CN3CCC[C@]4(CCC[C@H]4OC)C3)cc2)CC1. The molecule has 0 unspecified atom stereocenters. The molecule has 30 heavy (non-hydrogen) atoms. The van der Waals surface area contributed by atoms with Crippen molar-refractivity contribution in [1.29, 1.82) is 0 Å². The molecule has 3 aliphatic rings. The second kappa shape index (κ2) is 10.4. The first-order valence-corrected chi connectivity index (χ1v) is 12.1. The van der Waals surface area contributed by atoms with E-state index in [9.17, 15) is 0 Å². The second-order valence-electron chi connectivity index (χ2n) is 9.56. The van der Waals surface area contributed by atoms with E-state index >= 15 is 0 Å². The van der Waals surface area contributed by atoms with Gasteiger partial charge in [0.25, 0.3) is 0 Å². The Morgan fingerprint density at radius 1 is 0.933 bits per heavy atom. The van der Waals surface area contributed by atoms with Gasteiger partial charge in [0.05, 0.1) is 6.10 Å². The Kier molecular flexibility index (Phi) is 7.69. The van der Waals surface area contributed by atoms with E-state index in [4.69, 9.17) is 9.47 Å². The van der Waals surface area contributed by atoms with E-state index in [2.05, 4.69) is 45.9 Å². The van der Waals surface area contributed by atoms with Crippen LogP contribution in [0, 0.1) is 5.41 Å². The van der Waals surface area contributed by atoms with Crippen LogP contribution in [0.2, 0.25) is 0 Å². The number of ether oxygens (including phenoxy) is 2. The van der Waals surface area contributed by atoms with Crippen LogP contribution in [0.3, 0.4) is 0 Å². The van der Waals surface area contributed by atoms with Crippen molar-refractivity contribution >= 4 is 0 Å². The standard InChI is InChI=1S/C25H41N3O2/c1-3-26-14-16-27(17-15-26)18-19-30-23-9-7-22(8-10-23)20-28-13-5-12-25(21-28)11-4-6-24(25)29-2/h7-10,24H,3-6,11-21H2,1-2H3/t24-,25-/m1/s1. The molecule has 2 heterocycles. The lowest BCUT2D eigenvalue weighted by atomic mass is 9.76. The van der Waals surface area contributed by atoms with Crippen LogP contribution in [0.25, 0.3) is 0 Å². The predicted molar refractivity (Wildman–Crippen MR) is 122 cm³/mol. The maximum Gasteiger partial charge on any atom is 0.119 e. The molecule has 1 spiro atoms. The van der Waals surface area contributed by atoms with Crippen LogP contribution in [0.5, 0.6) is 5.75 Å². The van der Waals surface area contributed by atoms with E-state index in [1.165, 1.54) is 70.4 Å². The molecule has 5 nitrogen and oxygen atoms in total. The highest BCUT2D eigenvalue weighted by Crippen LogP contribution is 2.46. The maximum atomic E-state index is 6.03. The quantitative estimate of drug-likeness (QED) is 0.648. The minimum Gasteiger partial charge on any atom is -0.492 e. The van der Waals surface area contributed by atoms with Gasteiger partial charge in [-0.3, -0.25) is 9.80 Å². The molecular formula is C25H41N3O2. The highest BCUT2D eigenvalue weighted by molar-refractivity contribution is 5.27. The predicted octanol–water partition coefficient (Wildman–Crippen LogP) is 3.48. The molecule has 1 aromatic carbocycles. The summed E-state index contributed by atoms with van der Waals surface area (Å²) >= 11 is 0. The Morgan fingerprint density at radius 3 is 2.40 bits per heavy atom. The van der Waals surface area contributed by atoms with Gasteiger partial charge in [0.1, 0.15) is 12.4 Å². The smallest absolute Gasteiger partial charge is 0.119 e. The van der Waals surface area contributed by atoms with Crippen LogP contribution < -0.4 is 4.74 Å². The fourth-order valence-corrected chi connectivity index (χ4v) is 5.91. The van der Waals surface area contributed by atoms with Gasteiger partial charge in [-0.25, -0.2) is 0 Å². The van der Waals surface area contributed by atoms with Crippen molar-refractivity contribution in [1.82, 2.24) is 14.7 Å².